The van der Waals surface area contributed by atoms with E-state index in [-0.39, 0.29) is 24.1 Å². The van der Waals surface area contributed by atoms with Crippen molar-refractivity contribution < 1.29 is 22.7 Å². The molecule has 3 aromatic rings. The van der Waals surface area contributed by atoms with Crippen LogP contribution in [0.5, 0.6) is 11.6 Å². The Labute approximate surface area is 200 Å². The SMILES string of the molecule is CN1CCN(c2nc3c(c(Oc4ccc(F)cc4F)n2)CN(C(=O)c2ccc(F)cc2)CC3)CC1. The molecule has 0 bridgehead atoms. The summed E-state index contributed by atoms with van der Waals surface area (Å²) < 4.78 is 47.0. The molecule has 1 amide bonds. The highest BCUT2D eigenvalue weighted by atomic mass is 19.1. The zero-order valence-electron chi connectivity index (χ0n) is 19.2. The van der Waals surface area contributed by atoms with Gasteiger partial charge in [0.1, 0.15) is 11.6 Å². The largest absolute Gasteiger partial charge is 0.435 e. The predicted octanol–water partition coefficient (Wildman–Crippen LogP) is 3.64. The molecule has 3 heterocycles. The molecule has 0 atom stereocenters. The molecule has 1 fully saturated rings. The number of carbonyl (C=O) groups excluding carboxylic acids is 1. The van der Waals surface area contributed by atoms with Crippen molar-refractivity contribution in [2.75, 3.05) is 44.7 Å². The number of fused-ring (bicyclic) bond motifs is 1. The van der Waals surface area contributed by atoms with Crippen LogP contribution in [0.1, 0.15) is 21.6 Å². The van der Waals surface area contributed by atoms with E-state index < -0.39 is 17.5 Å². The average molecular weight is 483 g/mol. The molecule has 7 nitrogen and oxygen atoms in total. The first-order valence-electron chi connectivity index (χ1n) is 11.4. The van der Waals surface area contributed by atoms with Gasteiger partial charge in [-0.1, -0.05) is 0 Å². The molecule has 2 aliphatic heterocycles. The van der Waals surface area contributed by atoms with Gasteiger partial charge in [-0.2, -0.15) is 4.98 Å². The van der Waals surface area contributed by atoms with E-state index in [0.717, 1.165) is 44.0 Å². The number of halogens is 3. The van der Waals surface area contributed by atoms with Gasteiger partial charge in [-0.15, -0.1) is 0 Å². The number of benzene rings is 2. The number of likely N-dealkylation sites (N-methyl/N-ethyl adjacent to an activating group) is 1. The zero-order valence-corrected chi connectivity index (χ0v) is 19.2. The van der Waals surface area contributed by atoms with Crippen LogP contribution in [0.4, 0.5) is 19.1 Å². The summed E-state index contributed by atoms with van der Waals surface area (Å²) in [5.74, 6) is -1.82. The fraction of sp³-hybridized carbons (Fsp3) is 0.320. The van der Waals surface area contributed by atoms with Gasteiger partial charge in [0.2, 0.25) is 11.8 Å². The number of aromatic nitrogens is 2. The van der Waals surface area contributed by atoms with Crippen LogP contribution in [-0.2, 0) is 13.0 Å². The molecule has 1 saturated heterocycles. The maximum Gasteiger partial charge on any atom is 0.254 e. The van der Waals surface area contributed by atoms with Crippen LogP contribution in [0.3, 0.4) is 0 Å². The van der Waals surface area contributed by atoms with Crippen molar-refractivity contribution in [2.24, 2.45) is 0 Å². The lowest BCUT2D eigenvalue weighted by Gasteiger charge is -2.34. The van der Waals surface area contributed by atoms with E-state index in [1.54, 1.807) is 4.90 Å². The summed E-state index contributed by atoms with van der Waals surface area (Å²) in [6.45, 7) is 3.72. The molecule has 0 unspecified atom stereocenters. The van der Waals surface area contributed by atoms with E-state index in [1.807, 2.05) is 11.9 Å². The maximum absolute atomic E-state index is 14.4. The molecule has 0 saturated carbocycles. The molecule has 0 aliphatic carbocycles. The Morgan fingerprint density at radius 1 is 0.914 bits per heavy atom. The van der Waals surface area contributed by atoms with Crippen molar-refractivity contribution in [3.63, 3.8) is 0 Å². The number of hydrogen-bond acceptors (Lipinski definition) is 6. The monoisotopic (exact) mass is 483 g/mol. The lowest BCUT2D eigenvalue weighted by molar-refractivity contribution is 0.0731. The van der Waals surface area contributed by atoms with Crippen molar-refractivity contribution in [3.8, 4) is 11.6 Å². The van der Waals surface area contributed by atoms with Gasteiger partial charge in [-0.05, 0) is 43.4 Å². The van der Waals surface area contributed by atoms with Crippen molar-refractivity contribution in [2.45, 2.75) is 13.0 Å². The summed E-state index contributed by atoms with van der Waals surface area (Å²) in [4.78, 5) is 28.2. The van der Waals surface area contributed by atoms with E-state index in [4.69, 9.17) is 9.72 Å². The molecule has 0 spiro atoms. The van der Waals surface area contributed by atoms with Crippen molar-refractivity contribution in [3.05, 3.63) is 76.7 Å². The molecular weight excluding hydrogens is 459 g/mol. The third-order valence-corrected chi connectivity index (χ3v) is 6.28. The normalized spacial score (nSPS) is 16.2. The van der Waals surface area contributed by atoms with Crippen molar-refractivity contribution in [1.82, 2.24) is 19.8 Å². The van der Waals surface area contributed by atoms with Crippen LogP contribution >= 0.6 is 0 Å². The highest BCUT2D eigenvalue weighted by Gasteiger charge is 2.29. The molecule has 5 rings (SSSR count). The van der Waals surface area contributed by atoms with Crippen LogP contribution in [0.25, 0.3) is 0 Å². The molecule has 0 radical (unpaired) electrons. The van der Waals surface area contributed by atoms with Gasteiger partial charge >= 0.3 is 0 Å². The number of carbonyl (C=O) groups is 1. The topological polar surface area (TPSA) is 61.8 Å². The van der Waals surface area contributed by atoms with E-state index >= 15 is 0 Å². The van der Waals surface area contributed by atoms with Gasteiger partial charge < -0.3 is 19.4 Å². The molecular formula is C25H24F3N5O2. The summed E-state index contributed by atoms with van der Waals surface area (Å²) in [5, 5.41) is 0. The van der Waals surface area contributed by atoms with Gasteiger partial charge in [0.15, 0.2) is 11.6 Å². The first-order valence-corrected chi connectivity index (χ1v) is 11.4. The second-order valence-corrected chi connectivity index (χ2v) is 8.70. The van der Waals surface area contributed by atoms with E-state index in [9.17, 15) is 18.0 Å². The lowest BCUT2D eigenvalue weighted by Crippen LogP contribution is -2.45. The molecule has 2 aliphatic rings. The quantitative estimate of drug-likeness (QED) is 0.565. The zero-order chi connectivity index (χ0) is 24.5. The third kappa shape index (κ3) is 4.93. The van der Waals surface area contributed by atoms with Gasteiger partial charge in [-0.25, -0.2) is 18.2 Å². The maximum atomic E-state index is 14.4. The molecule has 0 N–H and O–H groups in total. The van der Waals surface area contributed by atoms with Crippen LogP contribution in [-0.4, -0.2) is 65.4 Å². The minimum absolute atomic E-state index is 0.131. The van der Waals surface area contributed by atoms with Crippen molar-refractivity contribution >= 4 is 11.9 Å². The summed E-state index contributed by atoms with van der Waals surface area (Å²) in [5.41, 5.74) is 1.64. The lowest BCUT2D eigenvalue weighted by atomic mass is 10.0. The molecule has 1 aromatic heterocycles. The Kier molecular flexibility index (Phi) is 6.29. The molecule has 10 heteroatoms. The Morgan fingerprint density at radius 2 is 1.63 bits per heavy atom. The molecule has 182 valence electrons. The average Bonchev–Trinajstić information content (AvgIpc) is 2.86. The number of rotatable bonds is 4. The van der Waals surface area contributed by atoms with Gasteiger partial charge in [0.25, 0.3) is 5.91 Å². The van der Waals surface area contributed by atoms with E-state index in [1.165, 1.54) is 30.3 Å². The van der Waals surface area contributed by atoms with Crippen LogP contribution < -0.4 is 9.64 Å². The predicted molar refractivity (Wildman–Crippen MR) is 123 cm³/mol. The van der Waals surface area contributed by atoms with Gasteiger partial charge in [0, 0.05) is 50.8 Å². The molecule has 2 aromatic carbocycles. The van der Waals surface area contributed by atoms with E-state index in [0.29, 0.717) is 30.0 Å². The van der Waals surface area contributed by atoms with Crippen LogP contribution in [0.2, 0.25) is 0 Å². The first kappa shape index (κ1) is 23.1. The number of piperazine rings is 1. The van der Waals surface area contributed by atoms with Crippen molar-refractivity contribution in [1.29, 1.82) is 0 Å². The number of anilines is 1. The highest BCUT2D eigenvalue weighted by Crippen LogP contribution is 2.33. The minimum atomic E-state index is -0.853. The Morgan fingerprint density at radius 3 is 2.34 bits per heavy atom. The number of hydrogen-bond donors (Lipinski definition) is 0. The van der Waals surface area contributed by atoms with Gasteiger partial charge in [-0.3, -0.25) is 4.79 Å². The Bertz CT molecular complexity index is 1250. The summed E-state index contributed by atoms with van der Waals surface area (Å²) in [7, 11) is 2.05. The number of nitrogens with zero attached hydrogens (tertiary/aromatic N) is 5. The fourth-order valence-electron chi connectivity index (χ4n) is 4.21. The van der Waals surface area contributed by atoms with Crippen LogP contribution in [0, 0.1) is 17.5 Å². The van der Waals surface area contributed by atoms with E-state index in [2.05, 4.69) is 9.88 Å². The second-order valence-electron chi connectivity index (χ2n) is 8.70. The summed E-state index contributed by atoms with van der Waals surface area (Å²) >= 11 is 0. The Balaban J connectivity index is 1.49. The molecule has 35 heavy (non-hydrogen) atoms. The number of amides is 1. The fourth-order valence-corrected chi connectivity index (χ4v) is 4.21. The minimum Gasteiger partial charge on any atom is -0.435 e. The highest BCUT2D eigenvalue weighted by molar-refractivity contribution is 5.94. The first-order chi connectivity index (χ1) is 16.9. The number of ether oxygens (including phenoxy) is 1. The second kappa shape index (κ2) is 9.53. The Hall–Kier alpha value is -3.66. The summed E-state index contributed by atoms with van der Waals surface area (Å²) in [6.07, 6.45) is 0.452. The van der Waals surface area contributed by atoms with Crippen LogP contribution in [0.15, 0.2) is 42.5 Å². The summed E-state index contributed by atoms with van der Waals surface area (Å²) in [6, 6.07) is 8.41. The third-order valence-electron chi connectivity index (χ3n) is 6.28. The smallest absolute Gasteiger partial charge is 0.254 e. The standard InChI is InChI=1S/C25H24F3N5O2/c1-31-10-12-32(13-11-31)25-29-21-8-9-33(24(34)16-2-4-17(26)5-3-16)15-19(21)23(30-25)35-22-7-6-18(27)14-20(22)28/h2-7,14H,8-13,15H2,1H3. The van der Waals surface area contributed by atoms with Gasteiger partial charge in [0.05, 0.1) is 17.8 Å².